The fraction of sp³-hybridized carbons (Fsp3) is 0.238. The van der Waals surface area contributed by atoms with Gasteiger partial charge in [-0.3, -0.25) is 0 Å². The van der Waals surface area contributed by atoms with Crippen molar-refractivity contribution in [3.05, 3.63) is 60.7 Å². The van der Waals surface area contributed by atoms with Crippen LogP contribution in [0.2, 0.25) is 0 Å². The van der Waals surface area contributed by atoms with Crippen LogP contribution in [-0.2, 0) is 0 Å². The third kappa shape index (κ3) is 2.72. The lowest BCUT2D eigenvalue weighted by Gasteiger charge is -2.32. The molecule has 1 fully saturated rings. The van der Waals surface area contributed by atoms with Crippen LogP contribution in [0.5, 0.6) is 0 Å². The number of nitriles is 1. The van der Waals surface area contributed by atoms with E-state index in [0.717, 1.165) is 42.7 Å². The normalized spacial score (nSPS) is 15.4. The Kier molecular flexibility index (Phi) is 3.88. The van der Waals surface area contributed by atoms with E-state index in [1.807, 2.05) is 24.3 Å². The largest absolute Gasteiger partial charge is 0.371 e. The highest BCUT2D eigenvalue weighted by molar-refractivity contribution is 5.94. The molecule has 0 spiro atoms. The highest BCUT2D eigenvalue weighted by Gasteiger charge is 2.21. The van der Waals surface area contributed by atoms with Crippen molar-refractivity contribution in [2.45, 2.75) is 12.8 Å². The van der Waals surface area contributed by atoms with Crippen LogP contribution in [0.4, 0.5) is 5.69 Å². The number of hydrogen-bond acceptors (Lipinski definition) is 3. The number of pyridine rings is 1. The van der Waals surface area contributed by atoms with Gasteiger partial charge in [-0.1, -0.05) is 48.5 Å². The molecule has 0 unspecified atom stereocenters. The van der Waals surface area contributed by atoms with Gasteiger partial charge in [0, 0.05) is 35.6 Å². The van der Waals surface area contributed by atoms with E-state index >= 15 is 0 Å². The van der Waals surface area contributed by atoms with Gasteiger partial charge in [-0.2, -0.15) is 5.26 Å². The Morgan fingerprint density at radius 2 is 1.67 bits per heavy atom. The monoisotopic (exact) mass is 313 g/mol. The molecular formula is C21H19N3. The van der Waals surface area contributed by atoms with Gasteiger partial charge in [0.1, 0.15) is 0 Å². The number of para-hydroxylation sites is 1. The van der Waals surface area contributed by atoms with Crippen molar-refractivity contribution in [3.63, 3.8) is 0 Å². The second kappa shape index (κ2) is 6.33. The Balaban J connectivity index is 1.80. The quantitative estimate of drug-likeness (QED) is 0.692. The molecule has 1 aromatic heterocycles. The lowest BCUT2D eigenvalue weighted by Crippen LogP contribution is -2.33. The maximum atomic E-state index is 9.13. The minimum absolute atomic E-state index is 0.197. The van der Waals surface area contributed by atoms with E-state index in [2.05, 4.69) is 47.4 Å². The molecule has 3 heteroatoms. The van der Waals surface area contributed by atoms with Crippen molar-refractivity contribution in [1.82, 2.24) is 4.98 Å². The van der Waals surface area contributed by atoms with Crippen molar-refractivity contribution in [1.29, 1.82) is 5.26 Å². The molecule has 0 saturated carbocycles. The van der Waals surface area contributed by atoms with Crippen molar-refractivity contribution >= 4 is 16.6 Å². The van der Waals surface area contributed by atoms with E-state index in [1.54, 1.807) is 0 Å². The molecule has 4 rings (SSSR count). The van der Waals surface area contributed by atoms with Crippen molar-refractivity contribution in [3.8, 4) is 17.3 Å². The zero-order chi connectivity index (χ0) is 16.4. The highest BCUT2D eigenvalue weighted by atomic mass is 15.1. The Morgan fingerprint density at radius 1 is 0.958 bits per heavy atom. The first-order chi connectivity index (χ1) is 11.8. The summed E-state index contributed by atoms with van der Waals surface area (Å²) in [6.07, 6.45) is 1.88. The Hall–Kier alpha value is -2.86. The van der Waals surface area contributed by atoms with Crippen molar-refractivity contribution in [2.75, 3.05) is 18.0 Å². The molecular weight excluding hydrogens is 294 g/mol. The minimum atomic E-state index is 0.197. The summed E-state index contributed by atoms with van der Waals surface area (Å²) < 4.78 is 0. The van der Waals surface area contributed by atoms with Gasteiger partial charge in [0.2, 0.25) is 0 Å². The van der Waals surface area contributed by atoms with Crippen molar-refractivity contribution < 1.29 is 0 Å². The van der Waals surface area contributed by atoms with Gasteiger partial charge in [-0.05, 0) is 25.0 Å². The molecule has 0 amide bonds. The standard InChI is InChI=1S/C21H19N3/c22-15-16-10-12-24(13-11-16)21-14-20(17-6-2-1-3-7-17)23-19-9-5-4-8-18(19)21/h1-9,14,16H,10-13H2. The van der Waals surface area contributed by atoms with E-state index < -0.39 is 0 Å². The number of hydrogen-bond donors (Lipinski definition) is 0. The van der Waals surface area contributed by atoms with E-state index in [0.29, 0.717) is 0 Å². The van der Waals surface area contributed by atoms with Gasteiger partial charge in [0.15, 0.2) is 0 Å². The predicted octanol–water partition coefficient (Wildman–Crippen LogP) is 4.64. The molecule has 1 saturated heterocycles. The number of anilines is 1. The fourth-order valence-electron chi connectivity index (χ4n) is 3.42. The van der Waals surface area contributed by atoms with E-state index in [-0.39, 0.29) is 5.92 Å². The van der Waals surface area contributed by atoms with E-state index in [1.165, 1.54) is 11.1 Å². The third-order valence-corrected chi connectivity index (χ3v) is 4.78. The minimum Gasteiger partial charge on any atom is -0.371 e. The lowest BCUT2D eigenvalue weighted by molar-refractivity contribution is 0.488. The number of benzene rings is 2. The smallest absolute Gasteiger partial charge is 0.0730 e. The second-order valence-corrected chi connectivity index (χ2v) is 6.30. The van der Waals surface area contributed by atoms with Gasteiger partial charge in [-0.25, -0.2) is 4.98 Å². The average molecular weight is 313 g/mol. The average Bonchev–Trinajstić information content (AvgIpc) is 2.68. The van der Waals surface area contributed by atoms with Gasteiger partial charge in [-0.15, -0.1) is 0 Å². The SMILES string of the molecule is N#CC1CCN(c2cc(-c3ccccc3)nc3ccccc23)CC1. The van der Waals surface area contributed by atoms with Gasteiger partial charge in [0.25, 0.3) is 0 Å². The summed E-state index contributed by atoms with van der Waals surface area (Å²) >= 11 is 0. The molecule has 0 atom stereocenters. The number of piperidine rings is 1. The Bertz CT molecular complexity index is 888. The first kappa shape index (κ1) is 14.7. The van der Waals surface area contributed by atoms with Gasteiger partial charge < -0.3 is 4.90 Å². The zero-order valence-electron chi connectivity index (χ0n) is 13.5. The van der Waals surface area contributed by atoms with Crippen LogP contribution in [0.25, 0.3) is 22.2 Å². The van der Waals surface area contributed by atoms with Crippen LogP contribution in [0.1, 0.15) is 12.8 Å². The summed E-state index contributed by atoms with van der Waals surface area (Å²) in [5, 5.41) is 10.3. The summed E-state index contributed by atoms with van der Waals surface area (Å²) in [4.78, 5) is 7.26. The Labute approximate surface area is 142 Å². The molecule has 3 aromatic rings. The lowest BCUT2D eigenvalue weighted by atomic mass is 9.97. The van der Waals surface area contributed by atoms with Crippen LogP contribution in [0.15, 0.2) is 60.7 Å². The summed E-state index contributed by atoms with van der Waals surface area (Å²) in [5.41, 5.74) is 4.40. The van der Waals surface area contributed by atoms with Crippen LogP contribution < -0.4 is 4.90 Å². The van der Waals surface area contributed by atoms with Crippen LogP contribution in [-0.4, -0.2) is 18.1 Å². The van der Waals surface area contributed by atoms with Crippen molar-refractivity contribution in [2.24, 2.45) is 5.92 Å². The molecule has 2 aromatic carbocycles. The molecule has 0 N–H and O–H groups in total. The van der Waals surface area contributed by atoms with Gasteiger partial charge in [0.05, 0.1) is 17.3 Å². The summed E-state index contributed by atoms with van der Waals surface area (Å²) in [7, 11) is 0. The molecule has 0 bridgehead atoms. The van der Waals surface area contributed by atoms with Crippen LogP contribution in [0, 0.1) is 17.2 Å². The Morgan fingerprint density at radius 3 is 2.42 bits per heavy atom. The second-order valence-electron chi connectivity index (χ2n) is 6.30. The van der Waals surface area contributed by atoms with Crippen LogP contribution >= 0.6 is 0 Å². The number of rotatable bonds is 2. The predicted molar refractivity (Wildman–Crippen MR) is 97.7 cm³/mol. The number of aromatic nitrogens is 1. The highest BCUT2D eigenvalue weighted by Crippen LogP contribution is 2.33. The number of nitrogens with zero attached hydrogens (tertiary/aromatic N) is 3. The fourth-order valence-corrected chi connectivity index (χ4v) is 3.42. The molecule has 0 radical (unpaired) electrons. The van der Waals surface area contributed by atoms with E-state index in [4.69, 9.17) is 10.2 Å². The first-order valence-corrected chi connectivity index (χ1v) is 8.45. The summed E-state index contributed by atoms with van der Waals surface area (Å²) in [6.45, 7) is 1.86. The molecule has 2 heterocycles. The topological polar surface area (TPSA) is 39.9 Å². The third-order valence-electron chi connectivity index (χ3n) is 4.78. The zero-order valence-corrected chi connectivity index (χ0v) is 13.5. The van der Waals surface area contributed by atoms with Gasteiger partial charge >= 0.3 is 0 Å². The summed E-state index contributed by atoms with van der Waals surface area (Å²) in [6, 6.07) is 23.3. The first-order valence-electron chi connectivity index (χ1n) is 8.45. The van der Waals surface area contributed by atoms with E-state index in [9.17, 15) is 0 Å². The summed E-state index contributed by atoms with van der Waals surface area (Å²) in [5.74, 6) is 0.197. The molecule has 1 aliphatic heterocycles. The molecule has 1 aliphatic rings. The molecule has 3 nitrogen and oxygen atoms in total. The number of fused-ring (bicyclic) bond motifs is 1. The molecule has 24 heavy (non-hydrogen) atoms. The maximum absolute atomic E-state index is 9.13. The van der Waals surface area contributed by atoms with Crippen LogP contribution in [0.3, 0.4) is 0 Å². The molecule has 118 valence electrons. The maximum Gasteiger partial charge on any atom is 0.0730 e. The molecule has 0 aliphatic carbocycles.